The van der Waals surface area contributed by atoms with E-state index in [-0.39, 0.29) is 30.9 Å². The highest BCUT2D eigenvalue weighted by Crippen LogP contribution is 2.23. The fraction of sp³-hybridized carbons (Fsp3) is 0.333. The highest BCUT2D eigenvalue weighted by molar-refractivity contribution is 5.93. The lowest BCUT2D eigenvalue weighted by molar-refractivity contribution is -0.118. The average molecular weight is 252 g/mol. The number of anilines is 1. The SMILES string of the molecule is CCOC(=O)c1ccc(N)cc1OCCC(N)=O. The first-order valence-electron chi connectivity index (χ1n) is 5.52. The van der Waals surface area contributed by atoms with E-state index < -0.39 is 11.9 Å². The van der Waals surface area contributed by atoms with Crippen molar-refractivity contribution < 1.29 is 19.1 Å². The van der Waals surface area contributed by atoms with Gasteiger partial charge in [0.1, 0.15) is 11.3 Å². The van der Waals surface area contributed by atoms with Gasteiger partial charge in [-0.3, -0.25) is 4.79 Å². The van der Waals surface area contributed by atoms with E-state index >= 15 is 0 Å². The number of benzene rings is 1. The van der Waals surface area contributed by atoms with Gasteiger partial charge in [0.15, 0.2) is 0 Å². The topological polar surface area (TPSA) is 105 Å². The summed E-state index contributed by atoms with van der Waals surface area (Å²) in [6, 6.07) is 4.60. The van der Waals surface area contributed by atoms with Gasteiger partial charge >= 0.3 is 5.97 Å². The molecule has 18 heavy (non-hydrogen) atoms. The van der Waals surface area contributed by atoms with Gasteiger partial charge in [0.25, 0.3) is 0 Å². The van der Waals surface area contributed by atoms with Gasteiger partial charge in [-0.2, -0.15) is 0 Å². The van der Waals surface area contributed by atoms with Gasteiger partial charge in [-0.05, 0) is 19.1 Å². The van der Waals surface area contributed by atoms with Crippen molar-refractivity contribution in [1.82, 2.24) is 0 Å². The smallest absolute Gasteiger partial charge is 0.341 e. The van der Waals surface area contributed by atoms with Crippen LogP contribution < -0.4 is 16.2 Å². The number of esters is 1. The molecule has 0 aliphatic carbocycles. The van der Waals surface area contributed by atoms with Crippen LogP contribution in [0, 0.1) is 0 Å². The minimum atomic E-state index is -0.494. The Kier molecular flexibility index (Phi) is 4.98. The number of ether oxygens (including phenoxy) is 2. The predicted octanol–water partition coefficient (Wildman–Crippen LogP) is 0.700. The van der Waals surface area contributed by atoms with Crippen molar-refractivity contribution in [3.63, 3.8) is 0 Å². The molecule has 0 saturated carbocycles. The summed E-state index contributed by atoms with van der Waals surface area (Å²) >= 11 is 0. The molecular weight excluding hydrogens is 236 g/mol. The molecule has 0 aliphatic heterocycles. The number of nitrogens with two attached hydrogens (primary N) is 2. The van der Waals surface area contributed by atoms with Crippen LogP contribution in [0.15, 0.2) is 18.2 Å². The molecule has 1 amide bonds. The zero-order valence-electron chi connectivity index (χ0n) is 10.1. The highest BCUT2D eigenvalue weighted by atomic mass is 16.5. The van der Waals surface area contributed by atoms with Gasteiger partial charge in [0.05, 0.1) is 19.6 Å². The van der Waals surface area contributed by atoms with Crippen molar-refractivity contribution in [2.45, 2.75) is 13.3 Å². The third-order valence-electron chi connectivity index (χ3n) is 2.11. The van der Waals surface area contributed by atoms with Gasteiger partial charge in [-0.25, -0.2) is 4.79 Å². The Bertz CT molecular complexity index is 446. The molecule has 0 unspecified atom stereocenters. The number of hydrogen-bond acceptors (Lipinski definition) is 5. The van der Waals surface area contributed by atoms with Crippen LogP contribution in [0.2, 0.25) is 0 Å². The van der Waals surface area contributed by atoms with Crippen LogP contribution in [0.3, 0.4) is 0 Å². The first kappa shape index (κ1) is 13.8. The summed E-state index contributed by atoms with van der Waals surface area (Å²) in [5.74, 6) is -0.683. The highest BCUT2D eigenvalue weighted by Gasteiger charge is 2.14. The summed E-state index contributed by atoms with van der Waals surface area (Å²) in [6.45, 7) is 2.07. The van der Waals surface area contributed by atoms with E-state index in [1.165, 1.54) is 12.1 Å². The molecule has 0 atom stereocenters. The maximum Gasteiger partial charge on any atom is 0.341 e. The van der Waals surface area contributed by atoms with Gasteiger partial charge < -0.3 is 20.9 Å². The maximum absolute atomic E-state index is 11.6. The van der Waals surface area contributed by atoms with Crippen LogP contribution in [-0.2, 0) is 9.53 Å². The zero-order chi connectivity index (χ0) is 13.5. The van der Waals surface area contributed by atoms with Crippen molar-refractivity contribution in [3.8, 4) is 5.75 Å². The second kappa shape index (κ2) is 6.48. The predicted molar refractivity (Wildman–Crippen MR) is 66.1 cm³/mol. The van der Waals surface area contributed by atoms with Crippen LogP contribution in [0.4, 0.5) is 5.69 Å². The molecule has 0 heterocycles. The Balaban J connectivity index is 2.82. The lowest BCUT2D eigenvalue weighted by atomic mass is 10.2. The van der Waals surface area contributed by atoms with Crippen molar-refractivity contribution in [2.75, 3.05) is 18.9 Å². The summed E-state index contributed by atoms with van der Waals surface area (Å²) in [5, 5.41) is 0. The number of nitrogen functional groups attached to an aromatic ring is 1. The van der Waals surface area contributed by atoms with Crippen LogP contribution in [-0.4, -0.2) is 25.1 Å². The van der Waals surface area contributed by atoms with Crippen molar-refractivity contribution >= 4 is 17.6 Å². The molecule has 6 nitrogen and oxygen atoms in total. The molecular formula is C12H16N2O4. The van der Waals surface area contributed by atoms with Crippen molar-refractivity contribution in [1.29, 1.82) is 0 Å². The number of primary amides is 1. The minimum absolute atomic E-state index is 0.0665. The minimum Gasteiger partial charge on any atom is -0.492 e. The molecule has 0 aliphatic rings. The van der Waals surface area contributed by atoms with Crippen molar-refractivity contribution in [3.05, 3.63) is 23.8 Å². The lowest BCUT2D eigenvalue weighted by Gasteiger charge is -2.10. The monoisotopic (exact) mass is 252 g/mol. The Labute approximate surface area is 105 Å². The summed E-state index contributed by atoms with van der Waals surface area (Å²) in [6.07, 6.45) is 0.0665. The third kappa shape index (κ3) is 3.97. The van der Waals surface area contributed by atoms with Gasteiger partial charge in [0.2, 0.25) is 5.91 Å². The Hall–Kier alpha value is -2.24. The van der Waals surface area contributed by atoms with Gasteiger partial charge in [0, 0.05) is 11.8 Å². The van der Waals surface area contributed by atoms with Crippen LogP contribution in [0.1, 0.15) is 23.7 Å². The van der Waals surface area contributed by atoms with E-state index in [9.17, 15) is 9.59 Å². The van der Waals surface area contributed by atoms with E-state index in [1.807, 2.05) is 0 Å². The molecule has 0 fully saturated rings. The molecule has 4 N–H and O–H groups in total. The van der Waals surface area contributed by atoms with Crippen LogP contribution in [0.5, 0.6) is 5.75 Å². The second-order valence-electron chi connectivity index (χ2n) is 3.54. The first-order chi connectivity index (χ1) is 8.54. The van der Waals surface area contributed by atoms with E-state index in [1.54, 1.807) is 13.0 Å². The summed E-state index contributed by atoms with van der Waals surface area (Å²) in [5.41, 5.74) is 11.3. The van der Waals surface area contributed by atoms with Gasteiger partial charge in [-0.1, -0.05) is 0 Å². The van der Waals surface area contributed by atoms with E-state index in [2.05, 4.69) is 0 Å². The second-order valence-corrected chi connectivity index (χ2v) is 3.54. The molecule has 6 heteroatoms. The molecule has 0 aromatic heterocycles. The number of carbonyl (C=O) groups excluding carboxylic acids is 2. The quantitative estimate of drug-likeness (QED) is 0.572. The molecule has 1 aromatic carbocycles. The van der Waals surface area contributed by atoms with Crippen LogP contribution >= 0.6 is 0 Å². The third-order valence-corrected chi connectivity index (χ3v) is 2.11. The normalized spacial score (nSPS) is 9.83. The standard InChI is InChI=1S/C12H16N2O4/c1-2-17-12(16)9-4-3-8(13)7-10(9)18-6-5-11(14)15/h3-4,7H,2,5-6,13H2,1H3,(H2,14,15). The number of hydrogen-bond donors (Lipinski definition) is 2. The molecule has 0 saturated heterocycles. The molecule has 0 spiro atoms. The average Bonchev–Trinajstić information content (AvgIpc) is 2.29. The Morgan fingerprint density at radius 2 is 2.06 bits per heavy atom. The molecule has 1 aromatic rings. The van der Waals surface area contributed by atoms with E-state index in [4.69, 9.17) is 20.9 Å². The molecule has 98 valence electrons. The number of carbonyl (C=O) groups is 2. The van der Waals surface area contributed by atoms with E-state index in [0.717, 1.165) is 0 Å². The zero-order valence-corrected chi connectivity index (χ0v) is 10.1. The summed E-state index contributed by atoms with van der Waals surface area (Å²) in [7, 11) is 0. The van der Waals surface area contributed by atoms with Crippen molar-refractivity contribution in [2.24, 2.45) is 5.73 Å². The number of amides is 1. The fourth-order valence-electron chi connectivity index (χ4n) is 1.30. The summed E-state index contributed by atoms with van der Waals surface area (Å²) in [4.78, 5) is 22.2. The molecule has 0 bridgehead atoms. The van der Waals surface area contributed by atoms with Crippen LogP contribution in [0.25, 0.3) is 0 Å². The first-order valence-corrected chi connectivity index (χ1v) is 5.52. The molecule has 0 radical (unpaired) electrons. The van der Waals surface area contributed by atoms with Gasteiger partial charge in [-0.15, -0.1) is 0 Å². The van der Waals surface area contributed by atoms with E-state index in [0.29, 0.717) is 5.69 Å². The maximum atomic E-state index is 11.6. The lowest BCUT2D eigenvalue weighted by Crippen LogP contribution is -2.16. The number of rotatable bonds is 6. The Morgan fingerprint density at radius 3 is 2.67 bits per heavy atom. The Morgan fingerprint density at radius 1 is 1.33 bits per heavy atom. The fourth-order valence-corrected chi connectivity index (χ4v) is 1.30. The summed E-state index contributed by atoms with van der Waals surface area (Å²) < 4.78 is 10.2. The molecule has 1 rings (SSSR count). The largest absolute Gasteiger partial charge is 0.492 e.